The lowest BCUT2D eigenvalue weighted by atomic mass is 10.1. The summed E-state index contributed by atoms with van der Waals surface area (Å²) in [5.74, 6) is 0.382. The molecule has 1 aromatic heterocycles. The Bertz CT molecular complexity index is 406. The van der Waals surface area contributed by atoms with Gasteiger partial charge < -0.3 is 14.4 Å². The van der Waals surface area contributed by atoms with Crippen LogP contribution in [0.5, 0.6) is 0 Å². The van der Waals surface area contributed by atoms with E-state index in [4.69, 9.17) is 14.4 Å². The van der Waals surface area contributed by atoms with Crippen LogP contribution in [-0.2, 0) is 9.53 Å². The fourth-order valence-electron chi connectivity index (χ4n) is 1.63. The first-order valence-electron chi connectivity index (χ1n) is 6.65. The summed E-state index contributed by atoms with van der Waals surface area (Å²) in [6.45, 7) is 5.67. The first-order valence-corrected chi connectivity index (χ1v) is 6.65. The van der Waals surface area contributed by atoms with Crippen LogP contribution in [0.4, 0.5) is 5.88 Å². The Kier molecular flexibility index (Phi) is 7.21. The summed E-state index contributed by atoms with van der Waals surface area (Å²) < 4.78 is 10.0. The lowest BCUT2D eigenvalue weighted by Gasteiger charge is -2.19. The molecular weight excluding hydrogens is 262 g/mol. The number of hydrogen-bond acceptors (Lipinski definition) is 6. The van der Waals surface area contributed by atoms with Crippen LogP contribution in [0.25, 0.3) is 0 Å². The van der Waals surface area contributed by atoms with E-state index in [9.17, 15) is 4.79 Å². The van der Waals surface area contributed by atoms with Crippen molar-refractivity contribution in [3.05, 3.63) is 11.8 Å². The SMILES string of the molecule is COCCN(CCO)CC(=O)Nc1cc(C(C)C)no1. The predicted molar refractivity (Wildman–Crippen MR) is 74.6 cm³/mol. The van der Waals surface area contributed by atoms with E-state index in [2.05, 4.69) is 10.5 Å². The molecule has 0 aliphatic heterocycles. The molecule has 7 nitrogen and oxygen atoms in total. The molecule has 0 aliphatic carbocycles. The number of carbonyl (C=O) groups is 1. The molecule has 1 amide bonds. The van der Waals surface area contributed by atoms with Crippen molar-refractivity contribution in [1.29, 1.82) is 0 Å². The molecule has 7 heteroatoms. The van der Waals surface area contributed by atoms with Gasteiger partial charge in [0, 0.05) is 26.3 Å². The minimum absolute atomic E-state index is 0.00318. The van der Waals surface area contributed by atoms with Crippen molar-refractivity contribution in [3.8, 4) is 0 Å². The molecule has 0 aromatic carbocycles. The van der Waals surface area contributed by atoms with E-state index in [0.717, 1.165) is 5.69 Å². The van der Waals surface area contributed by atoms with Gasteiger partial charge in [0.2, 0.25) is 11.8 Å². The van der Waals surface area contributed by atoms with Crippen molar-refractivity contribution in [3.63, 3.8) is 0 Å². The number of anilines is 1. The molecule has 1 rings (SSSR count). The number of nitrogens with zero attached hydrogens (tertiary/aromatic N) is 2. The van der Waals surface area contributed by atoms with Crippen molar-refractivity contribution in [1.82, 2.24) is 10.1 Å². The van der Waals surface area contributed by atoms with E-state index in [1.807, 2.05) is 13.8 Å². The fraction of sp³-hybridized carbons (Fsp3) is 0.692. The van der Waals surface area contributed by atoms with Crippen LogP contribution in [0.3, 0.4) is 0 Å². The van der Waals surface area contributed by atoms with Gasteiger partial charge in [0.15, 0.2) is 0 Å². The standard InChI is InChI=1S/C13H23N3O4/c1-10(2)11-8-13(20-15-11)14-12(18)9-16(4-6-17)5-7-19-3/h8,10,17H,4-7,9H2,1-3H3,(H,14,18). The second-order valence-electron chi connectivity index (χ2n) is 4.81. The summed E-state index contributed by atoms with van der Waals surface area (Å²) in [6, 6.07) is 1.72. The summed E-state index contributed by atoms with van der Waals surface area (Å²) in [7, 11) is 1.60. The van der Waals surface area contributed by atoms with Crippen LogP contribution in [0, 0.1) is 0 Å². The van der Waals surface area contributed by atoms with E-state index >= 15 is 0 Å². The Labute approximate surface area is 118 Å². The van der Waals surface area contributed by atoms with Gasteiger partial charge in [0.25, 0.3) is 0 Å². The smallest absolute Gasteiger partial charge is 0.240 e. The number of amides is 1. The predicted octanol–water partition coefficient (Wildman–Crippen LogP) is 0.677. The molecule has 1 aromatic rings. The number of aromatic nitrogens is 1. The van der Waals surface area contributed by atoms with Gasteiger partial charge in [0.1, 0.15) is 0 Å². The molecule has 1 heterocycles. The number of carbonyl (C=O) groups excluding carboxylic acids is 1. The van der Waals surface area contributed by atoms with E-state index < -0.39 is 0 Å². The summed E-state index contributed by atoms with van der Waals surface area (Å²) in [4.78, 5) is 13.7. The average molecular weight is 285 g/mol. The maximum Gasteiger partial charge on any atom is 0.240 e. The van der Waals surface area contributed by atoms with Crippen molar-refractivity contribution < 1.29 is 19.2 Å². The minimum Gasteiger partial charge on any atom is -0.395 e. The molecular formula is C13H23N3O4. The Morgan fingerprint density at radius 3 is 2.85 bits per heavy atom. The van der Waals surface area contributed by atoms with Crippen molar-refractivity contribution in [2.75, 3.05) is 45.3 Å². The molecule has 114 valence electrons. The molecule has 0 unspecified atom stereocenters. The van der Waals surface area contributed by atoms with Crippen LogP contribution in [0.15, 0.2) is 10.6 Å². The molecule has 0 saturated carbocycles. The van der Waals surface area contributed by atoms with E-state index in [1.54, 1.807) is 18.1 Å². The third-order valence-electron chi connectivity index (χ3n) is 2.78. The minimum atomic E-state index is -0.207. The number of nitrogens with one attached hydrogen (secondary N) is 1. The zero-order valence-electron chi connectivity index (χ0n) is 12.3. The Hall–Kier alpha value is -1.44. The third kappa shape index (κ3) is 5.68. The summed E-state index contributed by atoms with van der Waals surface area (Å²) >= 11 is 0. The average Bonchev–Trinajstić information content (AvgIpc) is 2.84. The molecule has 0 fully saturated rings. The highest BCUT2D eigenvalue weighted by molar-refractivity contribution is 5.90. The molecule has 0 spiro atoms. The zero-order chi connectivity index (χ0) is 15.0. The monoisotopic (exact) mass is 285 g/mol. The maximum absolute atomic E-state index is 11.9. The Balaban J connectivity index is 2.47. The number of rotatable bonds is 9. The highest BCUT2D eigenvalue weighted by Gasteiger charge is 2.13. The van der Waals surface area contributed by atoms with Crippen LogP contribution < -0.4 is 5.32 Å². The van der Waals surface area contributed by atoms with Crippen molar-refractivity contribution in [2.24, 2.45) is 0 Å². The van der Waals surface area contributed by atoms with E-state index in [-0.39, 0.29) is 25.0 Å². The molecule has 0 bridgehead atoms. The van der Waals surface area contributed by atoms with Gasteiger partial charge in [0.05, 0.1) is 25.5 Å². The summed E-state index contributed by atoms with van der Waals surface area (Å²) in [5.41, 5.74) is 0.798. The van der Waals surface area contributed by atoms with Gasteiger partial charge in [-0.1, -0.05) is 19.0 Å². The number of ether oxygens (including phenoxy) is 1. The van der Waals surface area contributed by atoms with Gasteiger partial charge in [-0.05, 0) is 5.92 Å². The van der Waals surface area contributed by atoms with Gasteiger partial charge in [-0.25, -0.2) is 0 Å². The number of aliphatic hydroxyl groups is 1. The van der Waals surface area contributed by atoms with Crippen LogP contribution in [0.1, 0.15) is 25.5 Å². The molecule has 0 aliphatic rings. The molecule has 0 radical (unpaired) electrons. The Morgan fingerprint density at radius 2 is 2.30 bits per heavy atom. The number of hydrogen-bond donors (Lipinski definition) is 2. The van der Waals surface area contributed by atoms with Gasteiger partial charge >= 0.3 is 0 Å². The van der Waals surface area contributed by atoms with Gasteiger partial charge in [-0.15, -0.1) is 0 Å². The van der Waals surface area contributed by atoms with Crippen molar-refractivity contribution in [2.45, 2.75) is 19.8 Å². The number of methoxy groups -OCH3 is 1. The van der Waals surface area contributed by atoms with E-state index in [0.29, 0.717) is 25.6 Å². The lowest BCUT2D eigenvalue weighted by Crippen LogP contribution is -2.37. The topological polar surface area (TPSA) is 87.8 Å². The summed E-state index contributed by atoms with van der Waals surface area (Å²) in [6.07, 6.45) is 0. The molecule has 2 N–H and O–H groups in total. The fourth-order valence-corrected chi connectivity index (χ4v) is 1.63. The normalized spacial score (nSPS) is 11.3. The highest BCUT2D eigenvalue weighted by atomic mass is 16.5. The van der Waals surface area contributed by atoms with Crippen molar-refractivity contribution >= 4 is 11.8 Å². The van der Waals surface area contributed by atoms with Crippen LogP contribution in [-0.4, -0.2) is 61.0 Å². The molecule has 0 saturated heterocycles. The zero-order valence-corrected chi connectivity index (χ0v) is 12.3. The quantitative estimate of drug-likeness (QED) is 0.693. The molecule has 20 heavy (non-hydrogen) atoms. The second kappa shape index (κ2) is 8.68. The largest absolute Gasteiger partial charge is 0.395 e. The highest BCUT2D eigenvalue weighted by Crippen LogP contribution is 2.17. The lowest BCUT2D eigenvalue weighted by molar-refractivity contribution is -0.117. The van der Waals surface area contributed by atoms with Gasteiger partial charge in [-0.3, -0.25) is 15.0 Å². The van der Waals surface area contributed by atoms with Crippen LogP contribution in [0.2, 0.25) is 0 Å². The summed E-state index contributed by atoms with van der Waals surface area (Å²) in [5, 5.41) is 15.5. The van der Waals surface area contributed by atoms with E-state index in [1.165, 1.54) is 0 Å². The first kappa shape index (κ1) is 16.6. The second-order valence-corrected chi connectivity index (χ2v) is 4.81. The molecule has 0 atom stereocenters. The third-order valence-corrected chi connectivity index (χ3v) is 2.78. The Morgan fingerprint density at radius 1 is 1.55 bits per heavy atom. The first-order chi connectivity index (χ1) is 9.56. The number of aliphatic hydroxyl groups excluding tert-OH is 1. The maximum atomic E-state index is 11.9. The van der Waals surface area contributed by atoms with Crippen LogP contribution >= 0.6 is 0 Å². The van der Waals surface area contributed by atoms with Gasteiger partial charge in [-0.2, -0.15) is 0 Å².